The van der Waals surface area contributed by atoms with Gasteiger partial charge in [-0.1, -0.05) is 13.3 Å². The molecule has 0 unspecified atom stereocenters. The highest BCUT2D eigenvalue weighted by molar-refractivity contribution is 5.02. The number of hydrogen-bond donors (Lipinski definition) is 1. The Morgan fingerprint density at radius 3 is 2.92 bits per heavy atom. The molecular formula is C10H18N2O. The average Bonchev–Trinajstić information content (AvgIpc) is 2.44. The van der Waals surface area contributed by atoms with E-state index >= 15 is 0 Å². The van der Waals surface area contributed by atoms with Crippen LogP contribution in [0.1, 0.15) is 31.3 Å². The Labute approximate surface area is 79.4 Å². The van der Waals surface area contributed by atoms with Gasteiger partial charge >= 0.3 is 0 Å². The molecule has 1 N–H and O–H groups in total. The van der Waals surface area contributed by atoms with Crippen molar-refractivity contribution in [2.75, 3.05) is 6.61 Å². The maximum absolute atomic E-state index is 8.83. The Bertz CT molecular complexity index is 255. The number of rotatable bonds is 5. The quantitative estimate of drug-likeness (QED) is 0.750. The molecule has 0 amide bonds. The summed E-state index contributed by atoms with van der Waals surface area (Å²) in [6.07, 6.45) is 5.37. The van der Waals surface area contributed by atoms with Crippen LogP contribution in [-0.4, -0.2) is 21.3 Å². The third-order valence-electron chi connectivity index (χ3n) is 2.07. The zero-order valence-corrected chi connectivity index (χ0v) is 8.45. The first kappa shape index (κ1) is 10.3. The van der Waals surface area contributed by atoms with Gasteiger partial charge in [-0.05, 0) is 13.3 Å². The summed E-state index contributed by atoms with van der Waals surface area (Å²) in [5.41, 5.74) is 1.04. The van der Waals surface area contributed by atoms with E-state index in [-0.39, 0.29) is 6.61 Å². The number of aliphatic hydroxyl groups excluding tert-OH is 1. The van der Waals surface area contributed by atoms with Gasteiger partial charge < -0.3 is 9.67 Å². The first-order chi connectivity index (χ1) is 6.27. The van der Waals surface area contributed by atoms with Crippen LogP contribution in [0.25, 0.3) is 0 Å². The molecule has 0 bridgehead atoms. The van der Waals surface area contributed by atoms with E-state index in [1.165, 1.54) is 12.8 Å². The van der Waals surface area contributed by atoms with Crippen LogP contribution >= 0.6 is 0 Å². The van der Waals surface area contributed by atoms with Crippen LogP contribution in [0, 0.1) is 6.92 Å². The number of aromatic nitrogens is 2. The highest BCUT2D eigenvalue weighted by Gasteiger charge is 2.03. The standard InChI is InChI=1S/C10H18N2O/c1-3-4-5-10-11-9(2)8-12(10)6-7-13/h8,13H,3-7H2,1-2H3. The Balaban J connectivity index is 2.66. The molecule has 1 aromatic heterocycles. The number of unbranched alkanes of at least 4 members (excludes halogenated alkanes) is 1. The van der Waals surface area contributed by atoms with E-state index in [0.717, 1.165) is 17.9 Å². The number of imidazole rings is 1. The van der Waals surface area contributed by atoms with Crippen LogP contribution in [0.3, 0.4) is 0 Å². The fraction of sp³-hybridized carbons (Fsp3) is 0.700. The molecule has 13 heavy (non-hydrogen) atoms. The molecule has 0 fully saturated rings. The molecular weight excluding hydrogens is 164 g/mol. The minimum Gasteiger partial charge on any atom is -0.395 e. The van der Waals surface area contributed by atoms with Gasteiger partial charge in [-0.15, -0.1) is 0 Å². The molecule has 0 aliphatic heterocycles. The molecule has 0 radical (unpaired) electrons. The van der Waals surface area contributed by atoms with Gasteiger partial charge in [0.2, 0.25) is 0 Å². The molecule has 74 valence electrons. The molecule has 0 atom stereocenters. The molecule has 1 aromatic rings. The molecule has 0 saturated carbocycles. The van der Waals surface area contributed by atoms with Crippen molar-refractivity contribution in [1.82, 2.24) is 9.55 Å². The molecule has 1 rings (SSSR count). The van der Waals surface area contributed by atoms with E-state index in [0.29, 0.717) is 6.54 Å². The van der Waals surface area contributed by atoms with E-state index in [4.69, 9.17) is 5.11 Å². The maximum Gasteiger partial charge on any atom is 0.109 e. The molecule has 0 aromatic carbocycles. The van der Waals surface area contributed by atoms with Crippen molar-refractivity contribution >= 4 is 0 Å². The second-order valence-electron chi connectivity index (χ2n) is 3.32. The fourth-order valence-corrected chi connectivity index (χ4v) is 1.43. The van der Waals surface area contributed by atoms with E-state index in [9.17, 15) is 0 Å². The zero-order chi connectivity index (χ0) is 9.68. The van der Waals surface area contributed by atoms with E-state index < -0.39 is 0 Å². The molecule has 0 aliphatic rings. The van der Waals surface area contributed by atoms with Crippen molar-refractivity contribution in [2.45, 2.75) is 39.7 Å². The third kappa shape index (κ3) is 2.84. The minimum absolute atomic E-state index is 0.189. The van der Waals surface area contributed by atoms with E-state index in [1.807, 2.05) is 17.7 Å². The summed E-state index contributed by atoms with van der Waals surface area (Å²) in [5, 5.41) is 8.83. The second-order valence-corrected chi connectivity index (χ2v) is 3.32. The number of nitrogens with zero attached hydrogens (tertiary/aromatic N) is 2. The number of hydrogen-bond acceptors (Lipinski definition) is 2. The lowest BCUT2D eigenvalue weighted by Crippen LogP contribution is -2.05. The summed E-state index contributed by atoms with van der Waals surface area (Å²) >= 11 is 0. The van der Waals surface area contributed by atoms with Crippen molar-refractivity contribution in [2.24, 2.45) is 0 Å². The van der Waals surface area contributed by atoms with Crippen LogP contribution in [0.2, 0.25) is 0 Å². The van der Waals surface area contributed by atoms with E-state index in [1.54, 1.807) is 0 Å². The van der Waals surface area contributed by atoms with Crippen molar-refractivity contribution in [3.8, 4) is 0 Å². The lowest BCUT2D eigenvalue weighted by Gasteiger charge is -2.04. The van der Waals surface area contributed by atoms with Crippen LogP contribution < -0.4 is 0 Å². The normalized spacial score (nSPS) is 10.7. The maximum atomic E-state index is 8.83. The van der Waals surface area contributed by atoms with Gasteiger partial charge in [0.1, 0.15) is 5.82 Å². The Kier molecular flexibility index (Phi) is 3.96. The smallest absolute Gasteiger partial charge is 0.109 e. The van der Waals surface area contributed by atoms with Gasteiger partial charge in [0.05, 0.1) is 12.3 Å². The summed E-state index contributed by atoms with van der Waals surface area (Å²) in [4.78, 5) is 4.42. The minimum atomic E-state index is 0.189. The van der Waals surface area contributed by atoms with Crippen LogP contribution in [-0.2, 0) is 13.0 Å². The lowest BCUT2D eigenvalue weighted by atomic mass is 10.2. The monoisotopic (exact) mass is 182 g/mol. The third-order valence-corrected chi connectivity index (χ3v) is 2.07. The summed E-state index contributed by atoms with van der Waals surface area (Å²) in [6.45, 7) is 5.02. The largest absolute Gasteiger partial charge is 0.395 e. The number of aliphatic hydroxyl groups is 1. The van der Waals surface area contributed by atoms with Gasteiger partial charge in [0.15, 0.2) is 0 Å². The second kappa shape index (κ2) is 5.02. The van der Waals surface area contributed by atoms with Crippen molar-refractivity contribution in [1.29, 1.82) is 0 Å². The van der Waals surface area contributed by atoms with Crippen LogP contribution in [0.15, 0.2) is 6.20 Å². The van der Waals surface area contributed by atoms with Crippen molar-refractivity contribution < 1.29 is 5.11 Å². The Morgan fingerprint density at radius 1 is 1.54 bits per heavy atom. The summed E-state index contributed by atoms with van der Waals surface area (Å²) in [5.74, 6) is 1.11. The predicted octanol–water partition coefficient (Wildman–Crippen LogP) is 1.53. The van der Waals surface area contributed by atoms with Gasteiger partial charge in [-0.3, -0.25) is 0 Å². The predicted molar refractivity (Wildman–Crippen MR) is 52.7 cm³/mol. The van der Waals surface area contributed by atoms with Crippen molar-refractivity contribution in [3.05, 3.63) is 17.7 Å². The topological polar surface area (TPSA) is 38.0 Å². The number of aryl methyl sites for hydroxylation is 2. The molecule has 0 saturated heterocycles. The first-order valence-corrected chi connectivity index (χ1v) is 4.91. The Morgan fingerprint density at radius 2 is 2.31 bits per heavy atom. The molecule has 3 nitrogen and oxygen atoms in total. The van der Waals surface area contributed by atoms with Crippen molar-refractivity contribution in [3.63, 3.8) is 0 Å². The van der Waals surface area contributed by atoms with Gasteiger partial charge in [0, 0.05) is 19.2 Å². The van der Waals surface area contributed by atoms with Crippen LogP contribution in [0.4, 0.5) is 0 Å². The average molecular weight is 182 g/mol. The summed E-state index contributed by atoms with van der Waals surface area (Å²) < 4.78 is 2.05. The molecule has 0 aliphatic carbocycles. The highest BCUT2D eigenvalue weighted by Crippen LogP contribution is 2.06. The summed E-state index contributed by atoms with van der Waals surface area (Å²) in [6, 6.07) is 0. The summed E-state index contributed by atoms with van der Waals surface area (Å²) in [7, 11) is 0. The fourth-order valence-electron chi connectivity index (χ4n) is 1.43. The zero-order valence-electron chi connectivity index (χ0n) is 8.45. The Hall–Kier alpha value is -0.830. The first-order valence-electron chi connectivity index (χ1n) is 4.91. The molecule has 0 spiro atoms. The highest BCUT2D eigenvalue weighted by atomic mass is 16.3. The van der Waals surface area contributed by atoms with Gasteiger partial charge in [0.25, 0.3) is 0 Å². The molecule has 1 heterocycles. The SMILES string of the molecule is CCCCc1nc(C)cn1CCO. The van der Waals surface area contributed by atoms with E-state index in [2.05, 4.69) is 11.9 Å². The lowest BCUT2D eigenvalue weighted by molar-refractivity contribution is 0.274. The van der Waals surface area contributed by atoms with Gasteiger partial charge in [-0.25, -0.2) is 4.98 Å². The molecule has 3 heteroatoms. The van der Waals surface area contributed by atoms with Crippen LogP contribution in [0.5, 0.6) is 0 Å². The van der Waals surface area contributed by atoms with Gasteiger partial charge in [-0.2, -0.15) is 0 Å².